The van der Waals surface area contributed by atoms with Crippen molar-refractivity contribution in [2.45, 2.75) is 45.9 Å². The molecule has 142 valence electrons. The van der Waals surface area contributed by atoms with Crippen molar-refractivity contribution < 1.29 is 9.53 Å². The summed E-state index contributed by atoms with van der Waals surface area (Å²) in [4.78, 5) is 29.7. The van der Waals surface area contributed by atoms with Gasteiger partial charge in [0, 0.05) is 37.2 Å². The molecule has 0 N–H and O–H groups in total. The van der Waals surface area contributed by atoms with Crippen LogP contribution in [0, 0.1) is 13.8 Å². The van der Waals surface area contributed by atoms with Crippen LogP contribution in [0.4, 0.5) is 0 Å². The van der Waals surface area contributed by atoms with Crippen LogP contribution in [0.5, 0.6) is 0 Å². The average Bonchev–Trinajstić information content (AvgIpc) is 3.35. The minimum Gasteiger partial charge on any atom is -0.376 e. The Hall–Kier alpha value is -2.74. The standard InChI is InChI=1S/C19H23N5O3/c1-12-7-15(13(2)24(12)9-14-5-4-6-27-14)17(25)10-23-11-20-18-16(19(23)26)8-21-22(18)3/h7-8,11,14H,4-6,9-10H2,1-3H3. The van der Waals surface area contributed by atoms with Crippen LogP contribution < -0.4 is 5.56 Å². The molecule has 0 saturated carbocycles. The van der Waals surface area contributed by atoms with Gasteiger partial charge in [0.25, 0.3) is 5.56 Å². The number of ether oxygens (including phenoxy) is 1. The number of carbonyl (C=O) groups excluding carboxylic acids is 1. The largest absolute Gasteiger partial charge is 0.376 e. The lowest BCUT2D eigenvalue weighted by atomic mass is 10.1. The maximum absolute atomic E-state index is 12.9. The lowest BCUT2D eigenvalue weighted by Crippen LogP contribution is -2.25. The molecular formula is C19H23N5O3. The van der Waals surface area contributed by atoms with E-state index in [1.807, 2.05) is 19.9 Å². The van der Waals surface area contributed by atoms with Crippen molar-refractivity contribution >= 4 is 16.8 Å². The molecular weight excluding hydrogens is 346 g/mol. The third-order valence-electron chi connectivity index (χ3n) is 5.32. The maximum atomic E-state index is 12.9. The number of aryl methyl sites for hydroxylation is 2. The number of rotatable bonds is 5. The van der Waals surface area contributed by atoms with Gasteiger partial charge in [0.2, 0.25) is 0 Å². The zero-order valence-corrected chi connectivity index (χ0v) is 15.8. The molecule has 8 heteroatoms. The molecule has 8 nitrogen and oxygen atoms in total. The van der Waals surface area contributed by atoms with E-state index in [4.69, 9.17) is 4.74 Å². The third-order valence-corrected chi connectivity index (χ3v) is 5.32. The molecule has 1 aliphatic heterocycles. The first-order valence-electron chi connectivity index (χ1n) is 9.14. The Balaban J connectivity index is 1.60. The molecule has 4 heterocycles. The highest BCUT2D eigenvalue weighted by Gasteiger charge is 2.21. The summed E-state index contributed by atoms with van der Waals surface area (Å²) < 4.78 is 10.7. The molecule has 0 spiro atoms. The summed E-state index contributed by atoms with van der Waals surface area (Å²) in [6.07, 6.45) is 5.24. The van der Waals surface area contributed by atoms with Crippen molar-refractivity contribution in [1.29, 1.82) is 0 Å². The van der Waals surface area contributed by atoms with Crippen LogP contribution in [0.15, 0.2) is 23.4 Å². The summed E-state index contributed by atoms with van der Waals surface area (Å²) >= 11 is 0. The minimum atomic E-state index is -0.255. The van der Waals surface area contributed by atoms with Crippen molar-refractivity contribution in [1.82, 2.24) is 23.9 Å². The number of aromatic nitrogens is 5. The normalized spacial score (nSPS) is 17.1. The van der Waals surface area contributed by atoms with Gasteiger partial charge in [-0.2, -0.15) is 5.10 Å². The number of fused-ring (bicyclic) bond motifs is 1. The van der Waals surface area contributed by atoms with E-state index in [9.17, 15) is 9.59 Å². The van der Waals surface area contributed by atoms with E-state index in [0.29, 0.717) is 16.6 Å². The molecule has 0 bridgehead atoms. The van der Waals surface area contributed by atoms with E-state index in [1.165, 1.54) is 17.1 Å². The SMILES string of the molecule is Cc1cc(C(=O)Cn2cnc3c(cnn3C)c2=O)c(C)n1CC1CCCO1. The van der Waals surface area contributed by atoms with Crippen LogP contribution in [0.1, 0.15) is 34.6 Å². The maximum Gasteiger partial charge on any atom is 0.264 e. The zero-order valence-electron chi connectivity index (χ0n) is 15.8. The molecule has 3 aromatic heterocycles. The predicted molar refractivity (Wildman–Crippen MR) is 100.0 cm³/mol. The fourth-order valence-corrected chi connectivity index (χ4v) is 3.78. The molecule has 0 aliphatic carbocycles. The Labute approximate surface area is 156 Å². The van der Waals surface area contributed by atoms with Gasteiger partial charge >= 0.3 is 0 Å². The van der Waals surface area contributed by atoms with E-state index in [2.05, 4.69) is 14.6 Å². The molecule has 4 rings (SSSR count). The smallest absolute Gasteiger partial charge is 0.264 e. The lowest BCUT2D eigenvalue weighted by molar-refractivity contribution is 0.0948. The van der Waals surface area contributed by atoms with Crippen LogP contribution >= 0.6 is 0 Å². The lowest BCUT2D eigenvalue weighted by Gasteiger charge is -2.14. The van der Waals surface area contributed by atoms with Gasteiger partial charge in [0.05, 0.1) is 18.8 Å². The first-order chi connectivity index (χ1) is 13.0. The fraction of sp³-hybridized carbons (Fsp3) is 0.474. The highest BCUT2D eigenvalue weighted by atomic mass is 16.5. The van der Waals surface area contributed by atoms with Crippen molar-refractivity contribution in [3.8, 4) is 0 Å². The highest BCUT2D eigenvalue weighted by Crippen LogP contribution is 2.21. The van der Waals surface area contributed by atoms with Gasteiger partial charge < -0.3 is 9.30 Å². The van der Waals surface area contributed by atoms with E-state index in [-0.39, 0.29) is 24.0 Å². The monoisotopic (exact) mass is 369 g/mol. The summed E-state index contributed by atoms with van der Waals surface area (Å²) in [5, 5.41) is 4.47. The fourth-order valence-electron chi connectivity index (χ4n) is 3.78. The summed E-state index contributed by atoms with van der Waals surface area (Å²) in [6.45, 7) is 5.46. The Bertz CT molecular complexity index is 1070. The van der Waals surface area contributed by atoms with Gasteiger partial charge in [-0.3, -0.25) is 18.8 Å². The Morgan fingerprint density at radius 2 is 2.19 bits per heavy atom. The molecule has 1 atom stereocenters. The van der Waals surface area contributed by atoms with Gasteiger partial charge in [-0.15, -0.1) is 0 Å². The zero-order chi connectivity index (χ0) is 19.1. The number of ketones is 1. The van der Waals surface area contributed by atoms with Crippen LogP contribution in [-0.4, -0.2) is 42.4 Å². The molecule has 1 aliphatic rings. The summed E-state index contributed by atoms with van der Waals surface area (Å²) in [5.74, 6) is -0.103. The number of carbonyl (C=O) groups is 1. The molecule has 27 heavy (non-hydrogen) atoms. The summed E-state index contributed by atoms with van der Waals surface area (Å²) in [7, 11) is 1.73. The second kappa shape index (κ2) is 6.77. The Morgan fingerprint density at radius 3 is 2.93 bits per heavy atom. The molecule has 1 unspecified atom stereocenters. The van der Waals surface area contributed by atoms with Crippen molar-refractivity contribution in [3.63, 3.8) is 0 Å². The third kappa shape index (κ3) is 3.10. The van der Waals surface area contributed by atoms with Crippen LogP contribution in [-0.2, 0) is 24.9 Å². The highest BCUT2D eigenvalue weighted by molar-refractivity contribution is 5.97. The van der Waals surface area contributed by atoms with Gasteiger partial charge in [0.1, 0.15) is 11.7 Å². The number of nitrogens with zero attached hydrogens (tertiary/aromatic N) is 5. The van der Waals surface area contributed by atoms with Gasteiger partial charge in [-0.1, -0.05) is 0 Å². The van der Waals surface area contributed by atoms with Gasteiger partial charge in [0.15, 0.2) is 11.4 Å². The first kappa shape index (κ1) is 17.7. The van der Waals surface area contributed by atoms with E-state index >= 15 is 0 Å². The number of Topliss-reactive ketones (excluding diaryl/α,β-unsaturated/α-hetero) is 1. The van der Waals surface area contributed by atoms with E-state index in [1.54, 1.807) is 11.7 Å². The summed E-state index contributed by atoms with van der Waals surface area (Å²) in [5.41, 5.74) is 2.84. The molecule has 0 aromatic carbocycles. The van der Waals surface area contributed by atoms with Gasteiger partial charge in [-0.25, -0.2) is 4.98 Å². The molecule has 1 fully saturated rings. The molecule has 1 saturated heterocycles. The quantitative estimate of drug-likeness (QED) is 0.638. The van der Waals surface area contributed by atoms with Crippen molar-refractivity contribution in [2.24, 2.45) is 7.05 Å². The van der Waals surface area contributed by atoms with Crippen LogP contribution in [0.25, 0.3) is 11.0 Å². The molecule has 3 aromatic rings. The number of hydrogen-bond acceptors (Lipinski definition) is 5. The summed E-state index contributed by atoms with van der Waals surface area (Å²) in [6, 6.07) is 1.90. The van der Waals surface area contributed by atoms with Crippen molar-refractivity contribution in [2.75, 3.05) is 6.61 Å². The minimum absolute atomic E-state index is 0.0408. The van der Waals surface area contributed by atoms with E-state index < -0.39 is 0 Å². The van der Waals surface area contributed by atoms with Crippen molar-refractivity contribution in [3.05, 3.63) is 45.9 Å². The topological polar surface area (TPSA) is 83.9 Å². The second-order valence-corrected chi connectivity index (χ2v) is 7.14. The van der Waals surface area contributed by atoms with Crippen LogP contribution in [0.2, 0.25) is 0 Å². The Kier molecular flexibility index (Phi) is 4.43. The second-order valence-electron chi connectivity index (χ2n) is 7.14. The molecule has 0 radical (unpaired) electrons. The Morgan fingerprint density at radius 1 is 1.37 bits per heavy atom. The average molecular weight is 369 g/mol. The predicted octanol–water partition coefficient (Wildman–Crippen LogP) is 1.61. The van der Waals surface area contributed by atoms with E-state index in [0.717, 1.165) is 37.4 Å². The van der Waals surface area contributed by atoms with Gasteiger partial charge in [-0.05, 0) is 32.8 Å². The number of hydrogen-bond donors (Lipinski definition) is 0. The molecule has 0 amide bonds. The van der Waals surface area contributed by atoms with Crippen LogP contribution in [0.3, 0.4) is 0 Å². The first-order valence-corrected chi connectivity index (χ1v) is 9.14.